The molecule has 0 saturated carbocycles. The maximum absolute atomic E-state index is 12.5. The van der Waals surface area contributed by atoms with Gasteiger partial charge in [0, 0.05) is 17.6 Å². The lowest BCUT2D eigenvalue weighted by atomic mass is 10.2. The Morgan fingerprint density at radius 3 is 2.62 bits per heavy atom. The van der Waals surface area contributed by atoms with Crippen LogP contribution in [-0.2, 0) is 19.4 Å². The Hall–Kier alpha value is -1.51. The molecular formula is C16H20Cl2N2O5S. The van der Waals surface area contributed by atoms with E-state index in [1.54, 1.807) is 0 Å². The molecule has 0 bridgehead atoms. The van der Waals surface area contributed by atoms with Crippen LogP contribution in [0, 0.1) is 0 Å². The molecule has 1 aliphatic heterocycles. The van der Waals surface area contributed by atoms with Gasteiger partial charge in [-0.3, -0.25) is 4.79 Å². The Kier molecular flexibility index (Phi) is 6.76. The molecule has 26 heavy (non-hydrogen) atoms. The molecule has 1 aliphatic rings. The number of rotatable bonds is 6. The van der Waals surface area contributed by atoms with Gasteiger partial charge in [0.1, 0.15) is 0 Å². The van der Waals surface area contributed by atoms with Crippen molar-refractivity contribution in [1.82, 2.24) is 4.90 Å². The van der Waals surface area contributed by atoms with E-state index in [0.717, 1.165) is 0 Å². The lowest BCUT2D eigenvalue weighted by Crippen LogP contribution is -2.43. The third kappa shape index (κ3) is 5.02. The smallest absolute Gasteiger partial charge is 0.340 e. The normalized spacial score (nSPS) is 18.5. The fraction of sp³-hybridized carbons (Fsp3) is 0.500. The van der Waals surface area contributed by atoms with E-state index in [0.29, 0.717) is 19.4 Å². The third-order valence-electron chi connectivity index (χ3n) is 4.07. The van der Waals surface area contributed by atoms with Crippen molar-refractivity contribution in [3.63, 3.8) is 0 Å². The van der Waals surface area contributed by atoms with E-state index < -0.39 is 34.4 Å². The zero-order chi connectivity index (χ0) is 19.5. The first-order chi connectivity index (χ1) is 12.1. The first kappa shape index (κ1) is 20.8. The minimum Gasteiger partial charge on any atom is -0.452 e. The topological polar surface area (TPSA) is 107 Å². The van der Waals surface area contributed by atoms with Crippen LogP contribution in [0.1, 0.15) is 30.1 Å². The number of hydrogen-bond acceptors (Lipinski definition) is 6. The van der Waals surface area contributed by atoms with E-state index in [4.69, 9.17) is 33.7 Å². The second-order valence-corrected chi connectivity index (χ2v) is 9.14. The Balaban J connectivity index is 2.05. The molecule has 1 aromatic rings. The summed E-state index contributed by atoms with van der Waals surface area (Å²) < 4.78 is 28.4. The van der Waals surface area contributed by atoms with Crippen LogP contribution >= 0.6 is 23.2 Å². The van der Waals surface area contributed by atoms with E-state index in [1.165, 1.54) is 17.0 Å². The minimum atomic E-state index is -3.13. The summed E-state index contributed by atoms with van der Waals surface area (Å²) in [5.74, 6) is -1.28. The van der Waals surface area contributed by atoms with Crippen molar-refractivity contribution in [1.29, 1.82) is 0 Å². The highest BCUT2D eigenvalue weighted by Crippen LogP contribution is 2.28. The number of nitrogens with zero attached hydrogens (tertiary/aromatic N) is 1. The van der Waals surface area contributed by atoms with E-state index >= 15 is 0 Å². The van der Waals surface area contributed by atoms with Crippen LogP contribution in [0.15, 0.2) is 12.1 Å². The average molecular weight is 423 g/mol. The summed E-state index contributed by atoms with van der Waals surface area (Å²) in [6, 6.07) is 2.31. The van der Waals surface area contributed by atoms with Gasteiger partial charge < -0.3 is 15.4 Å². The van der Waals surface area contributed by atoms with Gasteiger partial charge >= 0.3 is 5.97 Å². The van der Waals surface area contributed by atoms with Gasteiger partial charge in [0.25, 0.3) is 5.91 Å². The molecule has 10 heteroatoms. The molecule has 1 aromatic carbocycles. The largest absolute Gasteiger partial charge is 0.452 e. The van der Waals surface area contributed by atoms with Crippen molar-refractivity contribution < 1.29 is 22.7 Å². The highest BCUT2D eigenvalue weighted by atomic mass is 35.5. The maximum Gasteiger partial charge on any atom is 0.340 e. The summed E-state index contributed by atoms with van der Waals surface area (Å²) in [4.78, 5) is 26.1. The number of carbonyl (C=O) groups is 2. The summed E-state index contributed by atoms with van der Waals surface area (Å²) in [5.41, 5.74) is 5.73. The SMILES string of the molecule is CCCN(C(=O)COC(=O)c1cc(Cl)cc(Cl)c1N)C1CCS(=O)(=O)C1. The number of hydrogen-bond donors (Lipinski definition) is 1. The molecule has 7 nitrogen and oxygen atoms in total. The Labute approximate surface area is 162 Å². The van der Waals surface area contributed by atoms with Gasteiger partial charge in [0.15, 0.2) is 16.4 Å². The molecule has 1 heterocycles. The number of esters is 1. The molecule has 2 rings (SSSR count). The first-order valence-electron chi connectivity index (χ1n) is 8.06. The highest BCUT2D eigenvalue weighted by molar-refractivity contribution is 7.91. The first-order valence-corrected chi connectivity index (χ1v) is 10.6. The molecule has 1 atom stereocenters. The summed E-state index contributed by atoms with van der Waals surface area (Å²) in [6.45, 7) is 1.76. The summed E-state index contributed by atoms with van der Waals surface area (Å²) in [5, 5.41) is 0.325. The number of ether oxygens (including phenoxy) is 1. The number of amides is 1. The fourth-order valence-electron chi connectivity index (χ4n) is 2.81. The van der Waals surface area contributed by atoms with Gasteiger partial charge in [-0.2, -0.15) is 0 Å². The molecule has 1 amide bonds. The standard InChI is InChI=1S/C16H20Cl2N2O5S/c1-2-4-20(11-3-5-26(23,24)9-11)14(21)8-25-16(22)12-6-10(17)7-13(18)15(12)19/h6-7,11H,2-5,8-9,19H2,1H3. The van der Waals surface area contributed by atoms with E-state index in [2.05, 4.69) is 0 Å². The molecule has 1 fully saturated rings. The molecule has 1 unspecified atom stereocenters. The number of sulfone groups is 1. The average Bonchev–Trinajstić information content (AvgIpc) is 2.93. The van der Waals surface area contributed by atoms with E-state index in [1.807, 2.05) is 6.92 Å². The quantitative estimate of drug-likeness (QED) is 0.555. The van der Waals surface area contributed by atoms with E-state index in [9.17, 15) is 18.0 Å². The second kappa shape index (κ2) is 8.45. The third-order valence-corrected chi connectivity index (χ3v) is 6.36. The van der Waals surface area contributed by atoms with Crippen LogP contribution in [0.25, 0.3) is 0 Å². The lowest BCUT2D eigenvalue weighted by Gasteiger charge is -2.27. The van der Waals surface area contributed by atoms with Crippen molar-refractivity contribution in [3.8, 4) is 0 Å². The van der Waals surface area contributed by atoms with Crippen LogP contribution in [-0.4, -0.2) is 55.9 Å². The number of benzene rings is 1. The van der Waals surface area contributed by atoms with Gasteiger partial charge in [0.05, 0.1) is 27.8 Å². The minimum absolute atomic E-state index is 0.0146. The zero-order valence-electron chi connectivity index (χ0n) is 14.2. The molecule has 0 aromatic heterocycles. The number of anilines is 1. The summed E-state index contributed by atoms with van der Waals surface area (Å²) in [6.07, 6.45) is 1.05. The van der Waals surface area contributed by atoms with Gasteiger partial charge in [-0.15, -0.1) is 0 Å². The van der Waals surface area contributed by atoms with Gasteiger partial charge in [-0.05, 0) is 25.0 Å². The Bertz CT molecular complexity index is 813. The molecular weight excluding hydrogens is 403 g/mol. The molecule has 0 spiro atoms. The van der Waals surface area contributed by atoms with Crippen LogP contribution in [0.2, 0.25) is 10.0 Å². The Morgan fingerprint density at radius 2 is 2.04 bits per heavy atom. The number of nitrogens with two attached hydrogens (primary N) is 1. The molecule has 144 valence electrons. The lowest BCUT2D eigenvalue weighted by molar-refractivity contribution is -0.136. The van der Waals surface area contributed by atoms with Crippen molar-refractivity contribution in [3.05, 3.63) is 27.7 Å². The molecule has 0 radical (unpaired) electrons. The van der Waals surface area contributed by atoms with Crippen molar-refractivity contribution in [2.24, 2.45) is 0 Å². The highest BCUT2D eigenvalue weighted by Gasteiger charge is 2.34. The fourth-order valence-corrected chi connectivity index (χ4v) is 5.04. The van der Waals surface area contributed by atoms with Crippen molar-refractivity contribution >= 4 is 50.6 Å². The predicted octanol–water partition coefficient (Wildman–Crippen LogP) is 2.16. The molecule has 0 aliphatic carbocycles. The van der Waals surface area contributed by atoms with Crippen LogP contribution in [0.5, 0.6) is 0 Å². The van der Waals surface area contributed by atoms with Gasteiger partial charge in [-0.1, -0.05) is 30.1 Å². The van der Waals surface area contributed by atoms with Crippen LogP contribution < -0.4 is 5.73 Å². The number of carbonyl (C=O) groups excluding carboxylic acids is 2. The summed E-state index contributed by atoms with van der Waals surface area (Å²) in [7, 11) is -3.13. The Morgan fingerprint density at radius 1 is 1.35 bits per heavy atom. The van der Waals surface area contributed by atoms with E-state index in [-0.39, 0.29) is 32.8 Å². The van der Waals surface area contributed by atoms with Gasteiger partial charge in [-0.25, -0.2) is 13.2 Å². The number of nitrogen functional groups attached to an aromatic ring is 1. The maximum atomic E-state index is 12.5. The van der Waals surface area contributed by atoms with Crippen LogP contribution in [0.4, 0.5) is 5.69 Å². The molecule has 1 saturated heterocycles. The zero-order valence-corrected chi connectivity index (χ0v) is 16.5. The van der Waals surface area contributed by atoms with Crippen molar-refractivity contribution in [2.75, 3.05) is 30.4 Å². The molecule has 2 N–H and O–H groups in total. The number of halogens is 2. The van der Waals surface area contributed by atoms with Gasteiger partial charge in [0.2, 0.25) is 0 Å². The summed E-state index contributed by atoms with van der Waals surface area (Å²) >= 11 is 11.7. The van der Waals surface area contributed by atoms with Crippen LogP contribution in [0.3, 0.4) is 0 Å². The van der Waals surface area contributed by atoms with Crippen molar-refractivity contribution in [2.45, 2.75) is 25.8 Å². The monoisotopic (exact) mass is 422 g/mol. The second-order valence-electron chi connectivity index (χ2n) is 6.07. The predicted molar refractivity (Wildman–Crippen MR) is 100 cm³/mol.